The molecule has 0 rings (SSSR count). The zero-order valence-corrected chi connectivity index (χ0v) is 32.5. The number of aliphatic hydroxyl groups is 2. The van der Waals surface area contributed by atoms with Gasteiger partial charge in [0.1, 0.15) is 6.61 Å². The molecule has 0 aliphatic rings. The summed E-state index contributed by atoms with van der Waals surface area (Å²) in [6, 6.07) is 0. The molecule has 1 unspecified atom stereocenters. The Morgan fingerprint density at radius 2 is 0.980 bits per heavy atom. The number of esters is 2. The molecule has 0 saturated carbocycles. The minimum absolute atomic E-state index is 0.101. The van der Waals surface area contributed by atoms with Crippen molar-refractivity contribution in [3.05, 3.63) is 48.6 Å². The van der Waals surface area contributed by atoms with Gasteiger partial charge in [-0.05, 0) is 63.7 Å². The Kier molecular flexibility index (Phi) is 37.9. The summed E-state index contributed by atoms with van der Waals surface area (Å²) in [4.78, 5) is 24.3. The number of ether oxygens (including phenoxy) is 2. The van der Waals surface area contributed by atoms with Crippen LogP contribution >= 0.6 is 0 Å². The van der Waals surface area contributed by atoms with E-state index in [1.54, 1.807) is 0 Å². The number of carbonyl (C=O) groups excluding carboxylic acids is 2. The molecule has 0 aliphatic heterocycles. The number of carbonyl (C=O) groups is 2. The summed E-state index contributed by atoms with van der Waals surface area (Å²) in [6.45, 7) is 4.49. The van der Waals surface area contributed by atoms with E-state index in [4.69, 9.17) is 14.6 Å². The van der Waals surface area contributed by atoms with Gasteiger partial charge in [-0.25, -0.2) is 0 Å². The van der Waals surface area contributed by atoms with Crippen LogP contribution in [0, 0.1) is 5.92 Å². The van der Waals surface area contributed by atoms with Crippen LogP contribution in [-0.2, 0) is 19.1 Å². The average Bonchev–Trinajstić information content (AvgIpc) is 3.12. The van der Waals surface area contributed by atoms with Crippen LogP contribution in [0.15, 0.2) is 48.6 Å². The lowest BCUT2D eigenvalue weighted by Crippen LogP contribution is -2.28. The second-order valence-corrected chi connectivity index (χ2v) is 14.0. The van der Waals surface area contributed by atoms with Gasteiger partial charge < -0.3 is 19.7 Å². The van der Waals surface area contributed by atoms with Gasteiger partial charge in [-0.3, -0.25) is 9.59 Å². The van der Waals surface area contributed by atoms with Crippen molar-refractivity contribution >= 4 is 11.9 Å². The fraction of sp³-hybridized carbons (Fsp3) is 0.773. The summed E-state index contributed by atoms with van der Waals surface area (Å²) in [5.74, 6) is 0.228. The maximum atomic E-state index is 12.2. The number of unbranched alkanes of at least 4 members (excludes halogenated alkanes) is 17. The van der Waals surface area contributed by atoms with E-state index in [-0.39, 0.29) is 25.2 Å². The van der Waals surface area contributed by atoms with E-state index in [9.17, 15) is 14.7 Å². The average molecular weight is 703 g/mol. The van der Waals surface area contributed by atoms with Crippen LogP contribution in [0.2, 0.25) is 0 Å². The molecule has 0 radical (unpaired) electrons. The van der Waals surface area contributed by atoms with Gasteiger partial charge in [-0.1, -0.05) is 165 Å². The Morgan fingerprint density at radius 3 is 1.48 bits per heavy atom. The first-order valence-corrected chi connectivity index (χ1v) is 20.7. The summed E-state index contributed by atoms with van der Waals surface area (Å²) in [5, 5.41) is 18.3. The summed E-state index contributed by atoms with van der Waals surface area (Å²) in [6.07, 6.45) is 46.1. The molecule has 0 spiro atoms. The maximum Gasteiger partial charge on any atom is 0.306 e. The van der Waals surface area contributed by atoms with Crippen molar-refractivity contribution < 1.29 is 29.3 Å². The van der Waals surface area contributed by atoms with Crippen molar-refractivity contribution in [2.45, 2.75) is 193 Å². The van der Waals surface area contributed by atoms with Gasteiger partial charge in [-0.15, -0.1) is 0 Å². The van der Waals surface area contributed by atoms with E-state index in [2.05, 4.69) is 62.5 Å². The van der Waals surface area contributed by atoms with Crippen LogP contribution in [-0.4, -0.2) is 48.1 Å². The summed E-state index contributed by atoms with van der Waals surface area (Å²) in [7, 11) is 0. The monoisotopic (exact) mass is 703 g/mol. The molecule has 0 amide bonds. The molecule has 6 heteroatoms. The molecule has 0 bridgehead atoms. The van der Waals surface area contributed by atoms with Crippen molar-refractivity contribution in [2.75, 3.05) is 19.8 Å². The van der Waals surface area contributed by atoms with Crippen LogP contribution in [0.5, 0.6) is 0 Å². The Labute approximate surface area is 308 Å². The minimum Gasteiger partial charge on any atom is -0.462 e. The highest BCUT2D eigenvalue weighted by Crippen LogP contribution is 2.16. The van der Waals surface area contributed by atoms with E-state index >= 15 is 0 Å². The van der Waals surface area contributed by atoms with Crippen LogP contribution in [0.4, 0.5) is 0 Å². The first-order valence-electron chi connectivity index (χ1n) is 20.7. The van der Waals surface area contributed by atoms with Crippen molar-refractivity contribution in [1.29, 1.82) is 0 Å². The molecule has 6 nitrogen and oxygen atoms in total. The smallest absolute Gasteiger partial charge is 0.306 e. The van der Waals surface area contributed by atoms with Crippen LogP contribution in [0.1, 0.15) is 187 Å². The fourth-order valence-corrected chi connectivity index (χ4v) is 5.68. The Hall–Kier alpha value is -2.18. The predicted molar refractivity (Wildman–Crippen MR) is 211 cm³/mol. The van der Waals surface area contributed by atoms with Gasteiger partial charge in [0, 0.05) is 19.4 Å². The highest BCUT2D eigenvalue weighted by atomic mass is 16.6. The highest BCUT2D eigenvalue weighted by molar-refractivity contribution is 5.70. The van der Waals surface area contributed by atoms with E-state index in [1.165, 1.54) is 83.5 Å². The van der Waals surface area contributed by atoms with E-state index in [0.717, 1.165) is 76.5 Å². The second-order valence-electron chi connectivity index (χ2n) is 14.0. The molecule has 0 aliphatic carbocycles. The molecular formula is C44H78O6. The van der Waals surface area contributed by atoms with Crippen molar-refractivity contribution in [2.24, 2.45) is 5.92 Å². The summed E-state index contributed by atoms with van der Waals surface area (Å²) >= 11 is 0. The van der Waals surface area contributed by atoms with Crippen molar-refractivity contribution in [3.8, 4) is 0 Å². The van der Waals surface area contributed by atoms with Crippen LogP contribution in [0.25, 0.3) is 0 Å². The molecule has 290 valence electrons. The quantitative estimate of drug-likeness (QED) is 0.0380. The lowest BCUT2D eigenvalue weighted by Gasteiger charge is -2.15. The summed E-state index contributed by atoms with van der Waals surface area (Å²) in [5.41, 5.74) is 0. The van der Waals surface area contributed by atoms with Crippen molar-refractivity contribution in [3.63, 3.8) is 0 Å². The first kappa shape index (κ1) is 47.8. The third-order valence-electron chi connectivity index (χ3n) is 9.22. The molecular weight excluding hydrogens is 624 g/mol. The molecule has 0 aromatic heterocycles. The Bertz CT molecular complexity index is 861. The topological polar surface area (TPSA) is 93.1 Å². The normalized spacial score (nSPS) is 13.3. The number of hydrogen-bond donors (Lipinski definition) is 2. The van der Waals surface area contributed by atoms with Gasteiger partial charge in [0.25, 0.3) is 0 Å². The molecule has 0 aromatic carbocycles. The second kappa shape index (κ2) is 39.6. The molecule has 2 atom stereocenters. The predicted octanol–water partition coefficient (Wildman–Crippen LogP) is 11.8. The standard InChI is InChI=1S/C44H78O6/c1-3-41(2)35-31-27-23-19-15-11-8-9-13-17-21-25-29-33-37-44(48)50-42(39-46)40-49-43(47)36-32-28-24-20-16-12-7-5-4-6-10-14-18-22-26-30-34-38-45/h4,6-7,12,14,18,20,24,41-42,45-46H,3,5,8-11,13,15-17,19,21-23,25-40H2,1-2H3/b6-4-,12-7-,18-14-,24-20-/t41?,42-/m0/s1. The molecule has 0 fully saturated rings. The SMILES string of the molecule is CCC(C)CCCCCCCCCCCCCCCCC(=O)O[C@@H](CO)COC(=O)CCC/C=C\C/C=C\C/C=C\C/C=C\CCCCCO. The molecule has 0 saturated heterocycles. The number of allylic oxidation sites excluding steroid dienone is 8. The Morgan fingerprint density at radius 1 is 0.540 bits per heavy atom. The third-order valence-corrected chi connectivity index (χ3v) is 9.22. The van der Waals surface area contributed by atoms with Gasteiger partial charge in [0.15, 0.2) is 6.10 Å². The highest BCUT2D eigenvalue weighted by Gasteiger charge is 2.16. The fourth-order valence-electron chi connectivity index (χ4n) is 5.68. The van der Waals surface area contributed by atoms with E-state index in [0.29, 0.717) is 25.9 Å². The van der Waals surface area contributed by atoms with E-state index < -0.39 is 6.10 Å². The van der Waals surface area contributed by atoms with Gasteiger partial charge in [0.2, 0.25) is 0 Å². The largest absolute Gasteiger partial charge is 0.462 e. The maximum absolute atomic E-state index is 12.2. The van der Waals surface area contributed by atoms with Crippen LogP contribution in [0.3, 0.4) is 0 Å². The number of aliphatic hydroxyl groups excluding tert-OH is 2. The third kappa shape index (κ3) is 37.1. The molecule has 0 heterocycles. The molecule has 0 aromatic rings. The molecule has 50 heavy (non-hydrogen) atoms. The zero-order chi connectivity index (χ0) is 36.6. The van der Waals surface area contributed by atoms with Crippen molar-refractivity contribution in [1.82, 2.24) is 0 Å². The minimum atomic E-state index is -0.799. The first-order chi connectivity index (χ1) is 24.5. The lowest BCUT2D eigenvalue weighted by atomic mass is 9.99. The summed E-state index contributed by atoms with van der Waals surface area (Å²) < 4.78 is 10.6. The number of hydrogen-bond acceptors (Lipinski definition) is 6. The van der Waals surface area contributed by atoms with E-state index in [1.807, 2.05) is 0 Å². The van der Waals surface area contributed by atoms with Crippen LogP contribution < -0.4 is 0 Å². The van der Waals surface area contributed by atoms with Gasteiger partial charge in [0.05, 0.1) is 6.61 Å². The van der Waals surface area contributed by atoms with Gasteiger partial charge in [-0.2, -0.15) is 0 Å². The molecule has 2 N–H and O–H groups in total. The zero-order valence-electron chi connectivity index (χ0n) is 32.5. The van der Waals surface area contributed by atoms with Gasteiger partial charge >= 0.3 is 11.9 Å². The lowest BCUT2D eigenvalue weighted by molar-refractivity contribution is -0.161. The Balaban J connectivity index is 3.63. The number of rotatable bonds is 37.